The van der Waals surface area contributed by atoms with Crippen molar-refractivity contribution < 1.29 is 9.90 Å². The maximum atomic E-state index is 10.6. The SMILES string of the molecule is Cc1ccc(SCCCCCCC(=O)O)c(NC(=S)CCCCCCCCCCC(C)C)c1. The number of aryl methyl sites for hydroxylation is 1. The van der Waals surface area contributed by atoms with Gasteiger partial charge < -0.3 is 10.4 Å². The van der Waals surface area contributed by atoms with Crippen molar-refractivity contribution in [1.82, 2.24) is 0 Å². The Labute approximate surface area is 212 Å². The minimum atomic E-state index is -0.691. The fourth-order valence-corrected chi connectivity index (χ4v) is 5.15. The number of carbonyl (C=O) groups is 1. The number of hydrogen-bond acceptors (Lipinski definition) is 3. The van der Waals surface area contributed by atoms with E-state index >= 15 is 0 Å². The van der Waals surface area contributed by atoms with Crippen LogP contribution in [-0.4, -0.2) is 21.8 Å². The summed E-state index contributed by atoms with van der Waals surface area (Å²) in [5.41, 5.74) is 2.38. The smallest absolute Gasteiger partial charge is 0.303 e. The molecular weight excluding hydrogens is 446 g/mol. The molecule has 0 saturated heterocycles. The molecule has 0 aliphatic rings. The Morgan fingerprint density at radius 3 is 2.12 bits per heavy atom. The molecule has 0 bridgehead atoms. The molecule has 1 aromatic carbocycles. The Kier molecular flexibility index (Phi) is 17.5. The van der Waals surface area contributed by atoms with Crippen LogP contribution >= 0.6 is 24.0 Å². The molecular formula is C28H47NO2S2. The van der Waals surface area contributed by atoms with Crippen molar-refractivity contribution in [3.8, 4) is 0 Å². The normalized spacial score (nSPS) is 11.2. The van der Waals surface area contributed by atoms with E-state index in [4.69, 9.17) is 17.3 Å². The highest BCUT2D eigenvalue weighted by molar-refractivity contribution is 7.99. The standard InChI is InChI=1S/C28H47NO2S2/c1-23(2)16-12-8-6-4-5-7-9-13-17-27(32)29-25-22-24(3)19-20-26(25)33-21-15-11-10-14-18-28(30)31/h19-20,22-23H,4-18,21H2,1-3H3,(H,29,32)(H,30,31). The van der Waals surface area contributed by atoms with Gasteiger partial charge in [-0.2, -0.15) is 0 Å². The molecule has 0 unspecified atom stereocenters. The topological polar surface area (TPSA) is 49.3 Å². The summed E-state index contributed by atoms with van der Waals surface area (Å²) in [5, 5.41) is 12.2. The van der Waals surface area contributed by atoms with E-state index in [-0.39, 0.29) is 6.42 Å². The van der Waals surface area contributed by atoms with E-state index in [1.165, 1.54) is 68.2 Å². The van der Waals surface area contributed by atoms with Gasteiger partial charge in [-0.25, -0.2) is 0 Å². The predicted octanol–water partition coefficient (Wildman–Crippen LogP) is 9.42. The van der Waals surface area contributed by atoms with Crippen LogP contribution in [0.15, 0.2) is 23.1 Å². The fourth-order valence-electron chi connectivity index (χ4n) is 3.89. The van der Waals surface area contributed by atoms with Crippen LogP contribution < -0.4 is 5.32 Å². The lowest BCUT2D eigenvalue weighted by Crippen LogP contribution is -2.09. The molecule has 2 N–H and O–H groups in total. The number of benzene rings is 1. The first-order valence-corrected chi connectivity index (χ1v) is 14.5. The highest BCUT2D eigenvalue weighted by atomic mass is 32.2. The van der Waals surface area contributed by atoms with Gasteiger partial charge in [-0.3, -0.25) is 4.79 Å². The van der Waals surface area contributed by atoms with Crippen LogP contribution in [0.4, 0.5) is 5.69 Å². The minimum Gasteiger partial charge on any atom is -0.481 e. The van der Waals surface area contributed by atoms with Gasteiger partial charge in [0, 0.05) is 11.3 Å². The zero-order valence-electron chi connectivity index (χ0n) is 21.3. The molecule has 1 rings (SSSR count). The van der Waals surface area contributed by atoms with Crippen LogP contribution in [0, 0.1) is 12.8 Å². The molecule has 5 heteroatoms. The molecule has 0 aliphatic carbocycles. The first kappa shape index (κ1) is 30.0. The third-order valence-electron chi connectivity index (χ3n) is 5.89. The van der Waals surface area contributed by atoms with Crippen molar-refractivity contribution in [2.45, 2.75) is 122 Å². The predicted molar refractivity (Wildman–Crippen MR) is 150 cm³/mol. The number of carboxylic acids is 1. The van der Waals surface area contributed by atoms with Crippen molar-refractivity contribution in [2.75, 3.05) is 11.1 Å². The third kappa shape index (κ3) is 17.1. The largest absolute Gasteiger partial charge is 0.481 e. The summed E-state index contributed by atoms with van der Waals surface area (Å²) in [5.74, 6) is 1.21. The van der Waals surface area contributed by atoms with E-state index in [0.717, 1.165) is 54.5 Å². The number of thioether (sulfide) groups is 1. The summed E-state index contributed by atoms with van der Waals surface area (Å²) in [6, 6.07) is 6.55. The van der Waals surface area contributed by atoms with E-state index in [2.05, 4.69) is 44.3 Å². The number of nitrogens with one attached hydrogen (secondary N) is 1. The zero-order chi connectivity index (χ0) is 24.3. The summed E-state index contributed by atoms with van der Waals surface area (Å²) >= 11 is 7.51. The Morgan fingerprint density at radius 1 is 0.909 bits per heavy atom. The summed E-state index contributed by atoms with van der Waals surface area (Å²) in [7, 11) is 0. The highest BCUT2D eigenvalue weighted by Crippen LogP contribution is 2.30. The van der Waals surface area contributed by atoms with Crippen LogP contribution in [0.25, 0.3) is 0 Å². The van der Waals surface area contributed by atoms with Gasteiger partial charge in [0.2, 0.25) is 0 Å². The molecule has 0 aromatic heterocycles. The number of thiocarbonyl (C=S) groups is 1. The molecule has 0 fully saturated rings. The molecule has 0 radical (unpaired) electrons. The average Bonchev–Trinajstić information content (AvgIpc) is 2.75. The quantitative estimate of drug-likeness (QED) is 0.108. The maximum Gasteiger partial charge on any atom is 0.303 e. The maximum absolute atomic E-state index is 10.6. The molecule has 0 spiro atoms. The number of anilines is 1. The van der Waals surface area contributed by atoms with Crippen molar-refractivity contribution in [3.63, 3.8) is 0 Å². The fraction of sp³-hybridized carbons (Fsp3) is 0.714. The number of unbranched alkanes of at least 4 members (excludes halogenated alkanes) is 10. The molecule has 0 heterocycles. The van der Waals surface area contributed by atoms with Crippen LogP contribution in [-0.2, 0) is 4.79 Å². The second-order valence-electron chi connectivity index (χ2n) is 9.72. The van der Waals surface area contributed by atoms with Gasteiger partial charge in [0.15, 0.2) is 0 Å². The van der Waals surface area contributed by atoms with Crippen LogP contribution in [0.2, 0.25) is 0 Å². The Morgan fingerprint density at radius 2 is 1.48 bits per heavy atom. The van der Waals surface area contributed by atoms with Gasteiger partial charge in [-0.15, -0.1) is 11.8 Å². The third-order valence-corrected chi connectivity index (χ3v) is 7.35. The molecule has 1 aromatic rings. The summed E-state index contributed by atoms with van der Waals surface area (Å²) in [6.45, 7) is 6.75. The van der Waals surface area contributed by atoms with Gasteiger partial charge >= 0.3 is 5.97 Å². The summed E-state index contributed by atoms with van der Waals surface area (Å²) in [4.78, 5) is 12.8. The first-order valence-electron chi connectivity index (χ1n) is 13.1. The van der Waals surface area contributed by atoms with Crippen molar-refractivity contribution in [1.29, 1.82) is 0 Å². The van der Waals surface area contributed by atoms with Gasteiger partial charge in [0.1, 0.15) is 0 Å². The monoisotopic (exact) mass is 493 g/mol. The Hall–Kier alpha value is -1.07. The Balaban J connectivity index is 2.19. The lowest BCUT2D eigenvalue weighted by atomic mass is 10.0. The molecule has 33 heavy (non-hydrogen) atoms. The number of rotatable bonds is 20. The molecule has 0 aliphatic heterocycles. The van der Waals surface area contributed by atoms with Crippen LogP contribution in [0.5, 0.6) is 0 Å². The van der Waals surface area contributed by atoms with Crippen molar-refractivity contribution >= 4 is 40.6 Å². The second-order valence-corrected chi connectivity index (χ2v) is 11.3. The van der Waals surface area contributed by atoms with Crippen molar-refractivity contribution in [3.05, 3.63) is 23.8 Å². The molecule has 0 amide bonds. The Bertz CT molecular complexity index is 676. The van der Waals surface area contributed by atoms with E-state index in [0.29, 0.717) is 0 Å². The minimum absolute atomic E-state index is 0.287. The van der Waals surface area contributed by atoms with Crippen LogP contribution in [0.3, 0.4) is 0 Å². The second kappa shape index (κ2) is 19.3. The van der Waals surface area contributed by atoms with E-state index in [1.54, 1.807) is 0 Å². The average molecular weight is 494 g/mol. The van der Waals surface area contributed by atoms with E-state index < -0.39 is 5.97 Å². The van der Waals surface area contributed by atoms with Gasteiger partial charge in [-0.1, -0.05) is 96.3 Å². The van der Waals surface area contributed by atoms with Crippen molar-refractivity contribution in [2.24, 2.45) is 5.92 Å². The molecule has 0 atom stereocenters. The van der Waals surface area contributed by atoms with Gasteiger partial charge in [0.25, 0.3) is 0 Å². The van der Waals surface area contributed by atoms with Crippen LogP contribution in [0.1, 0.15) is 116 Å². The van der Waals surface area contributed by atoms with E-state index in [1.807, 2.05) is 11.8 Å². The number of hydrogen-bond donors (Lipinski definition) is 2. The van der Waals surface area contributed by atoms with Gasteiger partial charge in [0.05, 0.1) is 10.7 Å². The number of aliphatic carboxylic acids is 1. The molecule has 188 valence electrons. The first-order chi connectivity index (χ1) is 15.9. The van der Waals surface area contributed by atoms with E-state index in [9.17, 15) is 4.79 Å². The lowest BCUT2D eigenvalue weighted by molar-refractivity contribution is -0.137. The van der Waals surface area contributed by atoms with Gasteiger partial charge in [-0.05, 0) is 62.0 Å². The molecule has 0 saturated carbocycles. The lowest BCUT2D eigenvalue weighted by Gasteiger charge is -2.14. The zero-order valence-corrected chi connectivity index (χ0v) is 22.9. The summed E-state index contributed by atoms with van der Waals surface area (Å²) < 4.78 is 0. The summed E-state index contributed by atoms with van der Waals surface area (Å²) in [6.07, 6.45) is 17.3. The molecule has 3 nitrogen and oxygen atoms in total. The number of carboxylic acid groups (broad SMARTS) is 1. The highest BCUT2D eigenvalue weighted by Gasteiger charge is 2.07.